The van der Waals surface area contributed by atoms with Crippen molar-refractivity contribution in [1.29, 1.82) is 0 Å². The summed E-state index contributed by atoms with van der Waals surface area (Å²) in [4.78, 5) is 22.4. The lowest BCUT2D eigenvalue weighted by Crippen LogP contribution is -2.03. The van der Waals surface area contributed by atoms with Crippen LogP contribution < -0.4 is 9.47 Å². The molecule has 0 bridgehead atoms. The molecule has 0 aromatic heterocycles. The summed E-state index contributed by atoms with van der Waals surface area (Å²) < 4.78 is 19.6. The Labute approximate surface area is 211 Å². The van der Waals surface area contributed by atoms with E-state index in [0.29, 0.717) is 0 Å². The average molecular weight is 525 g/mol. The third-order valence-electron chi connectivity index (χ3n) is 4.48. The molecule has 3 rings (SSSR count). The first-order chi connectivity index (χ1) is 16.6. The van der Waals surface area contributed by atoms with Gasteiger partial charge >= 0.3 is 11.9 Å². The molecule has 0 spiro atoms. The monoisotopic (exact) mass is 524 g/mol. The molecule has 0 fully saturated rings. The predicted octanol–water partition coefficient (Wildman–Crippen LogP) is 4.96. The molecule has 0 atom stereocenters. The summed E-state index contributed by atoms with van der Waals surface area (Å²) in [7, 11) is 4.00. The fourth-order valence-corrected chi connectivity index (χ4v) is 3.02. The van der Waals surface area contributed by atoms with Crippen LogP contribution in [0.4, 0.5) is 0 Å². The van der Waals surface area contributed by atoms with Crippen LogP contribution >= 0.6 is 23.2 Å². The number of methoxy groups -OCH3 is 3. The second kappa shape index (κ2) is 12.6. The molecule has 3 aromatic carbocycles. The van der Waals surface area contributed by atoms with E-state index in [1.54, 1.807) is 7.11 Å². The van der Waals surface area contributed by atoms with Gasteiger partial charge in [-0.25, -0.2) is 9.59 Å². The minimum absolute atomic E-state index is 0.00991. The number of hydrogen-bond acceptors (Lipinski definition) is 9. The van der Waals surface area contributed by atoms with Gasteiger partial charge in [0.25, 0.3) is 0 Å². The van der Waals surface area contributed by atoms with Crippen LogP contribution in [0.3, 0.4) is 0 Å². The molecule has 0 saturated carbocycles. The third-order valence-corrected chi connectivity index (χ3v) is 5.08. The van der Waals surface area contributed by atoms with Gasteiger partial charge in [-0.2, -0.15) is 0 Å². The molecule has 35 heavy (non-hydrogen) atoms. The second-order valence-corrected chi connectivity index (χ2v) is 7.55. The highest BCUT2D eigenvalue weighted by Gasteiger charge is 2.16. The van der Waals surface area contributed by atoms with Crippen LogP contribution in [0.2, 0.25) is 10.0 Å². The Balaban J connectivity index is 0.000000283. The first-order valence-electron chi connectivity index (χ1n) is 9.77. The van der Waals surface area contributed by atoms with Crippen LogP contribution in [0.15, 0.2) is 48.5 Å². The minimum atomic E-state index is -0.709. The number of phenols is 3. The molecule has 0 aliphatic rings. The van der Waals surface area contributed by atoms with E-state index in [9.17, 15) is 19.8 Å². The van der Waals surface area contributed by atoms with Gasteiger partial charge in [0, 0.05) is 12.1 Å². The van der Waals surface area contributed by atoms with Crippen LogP contribution in [0.25, 0.3) is 0 Å². The predicted molar refractivity (Wildman–Crippen MR) is 128 cm³/mol. The summed E-state index contributed by atoms with van der Waals surface area (Å²) in [5, 5.41) is 28.3. The molecule has 3 N–H and O–H groups in total. The molecular weight excluding hydrogens is 503 g/mol. The van der Waals surface area contributed by atoms with Gasteiger partial charge in [-0.05, 0) is 29.8 Å². The van der Waals surface area contributed by atoms with Crippen molar-refractivity contribution >= 4 is 35.1 Å². The Hall–Kier alpha value is -3.82. The average Bonchev–Trinajstić information content (AvgIpc) is 2.86. The van der Waals surface area contributed by atoms with Crippen molar-refractivity contribution in [1.82, 2.24) is 0 Å². The number of esters is 2. The molecule has 0 amide bonds. The summed E-state index contributed by atoms with van der Waals surface area (Å²) in [6.45, 7) is 0.265. The Bertz CT molecular complexity index is 1190. The summed E-state index contributed by atoms with van der Waals surface area (Å²) in [6.07, 6.45) is 0. The normalized spacial score (nSPS) is 9.97. The highest BCUT2D eigenvalue weighted by atomic mass is 35.5. The van der Waals surface area contributed by atoms with Crippen molar-refractivity contribution < 1.29 is 43.9 Å². The van der Waals surface area contributed by atoms with Crippen molar-refractivity contribution in [2.24, 2.45) is 0 Å². The molecule has 0 aliphatic heterocycles. The first kappa shape index (κ1) is 27.4. The number of benzene rings is 3. The summed E-state index contributed by atoms with van der Waals surface area (Å²) in [5.74, 6) is -1.24. The molecule has 186 valence electrons. The fourth-order valence-electron chi connectivity index (χ4n) is 2.63. The Morgan fingerprint density at radius 1 is 0.743 bits per heavy atom. The van der Waals surface area contributed by atoms with E-state index in [-0.39, 0.29) is 50.8 Å². The van der Waals surface area contributed by atoms with E-state index in [1.165, 1.54) is 26.4 Å². The summed E-state index contributed by atoms with van der Waals surface area (Å²) >= 11 is 11.6. The molecule has 0 radical (unpaired) electrons. The van der Waals surface area contributed by atoms with Gasteiger partial charge in [0.15, 0.2) is 0 Å². The Kier molecular flexibility index (Phi) is 9.86. The molecule has 11 heteroatoms. The topological polar surface area (TPSA) is 132 Å². The number of hydrogen-bond donors (Lipinski definition) is 3. The van der Waals surface area contributed by atoms with Crippen LogP contribution in [0.1, 0.15) is 26.3 Å². The van der Waals surface area contributed by atoms with Crippen molar-refractivity contribution in [3.05, 3.63) is 75.3 Å². The second-order valence-electron chi connectivity index (χ2n) is 6.74. The van der Waals surface area contributed by atoms with E-state index in [2.05, 4.69) is 9.47 Å². The number of aromatic hydroxyl groups is 3. The fraction of sp³-hybridized carbons (Fsp3) is 0.167. The number of halogens is 2. The number of phenolic OH excluding ortho intramolecular Hbond substituents is 3. The lowest BCUT2D eigenvalue weighted by Gasteiger charge is -2.11. The molecule has 3 aromatic rings. The molecule has 9 nitrogen and oxygen atoms in total. The lowest BCUT2D eigenvalue weighted by molar-refractivity contribution is 0.0588. The van der Waals surface area contributed by atoms with Gasteiger partial charge in [0.1, 0.15) is 46.5 Å². The van der Waals surface area contributed by atoms with Gasteiger partial charge < -0.3 is 34.3 Å². The summed E-state index contributed by atoms with van der Waals surface area (Å²) in [6, 6.07) is 12.1. The number of carbonyl (C=O) groups is 2. The zero-order valence-electron chi connectivity index (χ0n) is 18.9. The number of rotatable bonds is 6. The van der Waals surface area contributed by atoms with E-state index in [1.807, 2.05) is 24.3 Å². The van der Waals surface area contributed by atoms with Gasteiger partial charge in [-0.15, -0.1) is 0 Å². The molecule has 0 heterocycles. The van der Waals surface area contributed by atoms with E-state index < -0.39 is 11.9 Å². The van der Waals surface area contributed by atoms with Crippen LogP contribution in [-0.4, -0.2) is 48.6 Å². The zero-order chi connectivity index (χ0) is 26.1. The van der Waals surface area contributed by atoms with Gasteiger partial charge in [0.2, 0.25) is 0 Å². The van der Waals surface area contributed by atoms with Gasteiger partial charge in [-0.1, -0.05) is 35.3 Å². The largest absolute Gasteiger partial charge is 0.507 e. The molecular formula is C24H22Cl2O9. The van der Waals surface area contributed by atoms with Crippen molar-refractivity contribution in [2.75, 3.05) is 21.3 Å². The van der Waals surface area contributed by atoms with Crippen molar-refractivity contribution in [3.63, 3.8) is 0 Å². The maximum Gasteiger partial charge on any atom is 0.341 e. The van der Waals surface area contributed by atoms with E-state index in [0.717, 1.165) is 23.4 Å². The van der Waals surface area contributed by atoms with Crippen molar-refractivity contribution in [2.45, 2.75) is 6.61 Å². The summed E-state index contributed by atoms with van der Waals surface area (Å²) in [5.41, 5.74) is 0.822. The van der Waals surface area contributed by atoms with Crippen molar-refractivity contribution in [3.8, 4) is 28.7 Å². The maximum absolute atomic E-state index is 11.4. The highest BCUT2D eigenvalue weighted by molar-refractivity contribution is 6.32. The molecule has 0 saturated heterocycles. The number of ether oxygens (including phenoxy) is 4. The smallest absolute Gasteiger partial charge is 0.341 e. The molecule has 0 unspecified atom stereocenters. The van der Waals surface area contributed by atoms with Crippen LogP contribution in [0, 0.1) is 0 Å². The number of carbonyl (C=O) groups excluding carboxylic acids is 2. The highest BCUT2D eigenvalue weighted by Crippen LogP contribution is 2.33. The standard InChI is InChI=1S/C16H15ClO5.C8H7ClO4/c1-20-11-5-3-10(4-6-11)9-22-15-8-14(18)12(7-13(15)17)16(19)21-2;1-13-8(12)4-2-5(9)7(11)3-6(4)10/h3-8,18H,9H2,1-2H3;2-3,10-11H,1H3. The van der Waals surface area contributed by atoms with E-state index >= 15 is 0 Å². The molecule has 0 aliphatic carbocycles. The first-order valence-corrected chi connectivity index (χ1v) is 10.5. The third kappa shape index (κ3) is 7.33. The Morgan fingerprint density at radius 2 is 1.26 bits per heavy atom. The lowest BCUT2D eigenvalue weighted by atomic mass is 10.2. The van der Waals surface area contributed by atoms with Gasteiger partial charge in [-0.3, -0.25) is 0 Å². The SMILES string of the molecule is COC(=O)c1cc(Cl)c(O)cc1O.COC(=O)c1cc(Cl)c(OCc2ccc(OC)cc2)cc1O. The Morgan fingerprint density at radius 3 is 1.77 bits per heavy atom. The minimum Gasteiger partial charge on any atom is -0.507 e. The van der Waals surface area contributed by atoms with Gasteiger partial charge in [0.05, 0.1) is 31.4 Å². The zero-order valence-corrected chi connectivity index (χ0v) is 20.4. The quantitative estimate of drug-likeness (QED) is 0.382. The van der Waals surface area contributed by atoms with Crippen LogP contribution in [-0.2, 0) is 16.1 Å². The maximum atomic E-state index is 11.4. The van der Waals surface area contributed by atoms with Crippen LogP contribution in [0.5, 0.6) is 28.7 Å². The van der Waals surface area contributed by atoms with E-state index in [4.69, 9.17) is 37.8 Å².